The van der Waals surface area contributed by atoms with Crippen LogP contribution in [0.2, 0.25) is 0 Å². The molecule has 0 bridgehead atoms. The fourth-order valence-electron chi connectivity index (χ4n) is 3.41. The molecule has 0 aromatic heterocycles. The standard InChI is InChI=1S/C19H32N2/c1-5-12-20-18(6-2)17-9-7-8-10-19(17)21-13-11-16(14-21)15(3)4/h7-10,15-16,18,20H,5-6,11-14H2,1-4H3. The van der Waals surface area contributed by atoms with E-state index in [1.807, 2.05) is 0 Å². The Morgan fingerprint density at radius 2 is 2.00 bits per heavy atom. The van der Waals surface area contributed by atoms with Gasteiger partial charge in [-0.3, -0.25) is 0 Å². The highest BCUT2D eigenvalue weighted by atomic mass is 15.2. The van der Waals surface area contributed by atoms with Crippen LogP contribution >= 0.6 is 0 Å². The molecule has 1 fully saturated rings. The predicted molar refractivity (Wildman–Crippen MR) is 92.9 cm³/mol. The number of benzene rings is 1. The molecule has 0 aliphatic carbocycles. The SMILES string of the molecule is CCCNC(CC)c1ccccc1N1CCC(C(C)C)C1. The van der Waals surface area contributed by atoms with Crippen molar-refractivity contribution in [2.75, 3.05) is 24.5 Å². The molecule has 21 heavy (non-hydrogen) atoms. The van der Waals surface area contributed by atoms with E-state index < -0.39 is 0 Å². The predicted octanol–water partition coefficient (Wildman–Crippen LogP) is 4.62. The smallest absolute Gasteiger partial charge is 0.0414 e. The Morgan fingerprint density at radius 1 is 1.24 bits per heavy atom. The Hall–Kier alpha value is -1.02. The Kier molecular flexibility index (Phi) is 6.10. The molecule has 1 aromatic carbocycles. The summed E-state index contributed by atoms with van der Waals surface area (Å²) >= 11 is 0. The molecule has 2 nitrogen and oxygen atoms in total. The fraction of sp³-hybridized carbons (Fsp3) is 0.684. The first-order valence-electron chi connectivity index (χ1n) is 8.74. The Morgan fingerprint density at radius 3 is 2.62 bits per heavy atom. The highest BCUT2D eigenvalue weighted by Crippen LogP contribution is 2.33. The summed E-state index contributed by atoms with van der Waals surface area (Å²) in [6, 6.07) is 9.49. The monoisotopic (exact) mass is 288 g/mol. The average Bonchev–Trinajstić information content (AvgIpc) is 2.98. The Balaban J connectivity index is 2.16. The molecule has 2 rings (SSSR count). The molecule has 0 amide bonds. The van der Waals surface area contributed by atoms with Crippen LogP contribution in [0, 0.1) is 11.8 Å². The van der Waals surface area contributed by atoms with Gasteiger partial charge in [0.05, 0.1) is 0 Å². The minimum absolute atomic E-state index is 0.485. The van der Waals surface area contributed by atoms with Crippen molar-refractivity contribution in [2.45, 2.75) is 53.0 Å². The van der Waals surface area contributed by atoms with Crippen LogP contribution in [0.15, 0.2) is 24.3 Å². The molecular weight excluding hydrogens is 256 g/mol. The van der Waals surface area contributed by atoms with Crippen molar-refractivity contribution in [2.24, 2.45) is 11.8 Å². The van der Waals surface area contributed by atoms with Crippen LogP contribution in [0.1, 0.15) is 58.6 Å². The lowest BCUT2D eigenvalue weighted by Gasteiger charge is -2.27. The van der Waals surface area contributed by atoms with Crippen LogP contribution in [0.3, 0.4) is 0 Å². The number of hydrogen-bond donors (Lipinski definition) is 1. The van der Waals surface area contributed by atoms with Crippen LogP contribution < -0.4 is 10.2 Å². The van der Waals surface area contributed by atoms with Gasteiger partial charge in [0.2, 0.25) is 0 Å². The summed E-state index contributed by atoms with van der Waals surface area (Å²) in [5.41, 5.74) is 2.94. The van der Waals surface area contributed by atoms with Gasteiger partial charge in [0, 0.05) is 24.8 Å². The maximum absolute atomic E-state index is 3.71. The lowest BCUT2D eigenvalue weighted by molar-refractivity contribution is 0.422. The van der Waals surface area contributed by atoms with Crippen molar-refractivity contribution >= 4 is 5.69 Å². The van der Waals surface area contributed by atoms with Crippen molar-refractivity contribution in [3.63, 3.8) is 0 Å². The number of nitrogens with one attached hydrogen (secondary N) is 1. The normalized spacial score (nSPS) is 20.2. The molecule has 1 heterocycles. The zero-order chi connectivity index (χ0) is 15.2. The third kappa shape index (κ3) is 4.00. The summed E-state index contributed by atoms with van der Waals surface area (Å²) in [5, 5.41) is 3.71. The largest absolute Gasteiger partial charge is 0.371 e. The molecule has 2 unspecified atom stereocenters. The van der Waals surface area contributed by atoms with Crippen LogP contribution in [0.4, 0.5) is 5.69 Å². The van der Waals surface area contributed by atoms with E-state index in [9.17, 15) is 0 Å². The van der Waals surface area contributed by atoms with Crippen molar-refractivity contribution < 1.29 is 0 Å². The molecule has 2 heteroatoms. The Labute approximate surface area is 130 Å². The zero-order valence-corrected chi connectivity index (χ0v) is 14.2. The van der Waals surface area contributed by atoms with Gasteiger partial charge in [0.25, 0.3) is 0 Å². The highest BCUT2D eigenvalue weighted by molar-refractivity contribution is 5.55. The van der Waals surface area contributed by atoms with Crippen LogP contribution in [-0.4, -0.2) is 19.6 Å². The number of nitrogens with zero attached hydrogens (tertiary/aromatic N) is 1. The van der Waals surface area contributed by atoms with Crippen molar-refractivity contribution in [1.29, 1.82) is 0 Å². The fourth-order valence-corrected chi connectivity index (χ4v) is 3.41. The molecule has 1 aliphatic rings. The van der Waals surface area contributed by atoms with Crippen molar-refractivity contribution in [3.8, 4) is 0 Å². The van der Waals surface area contributed by atoms with Gasteiger partial charge in [-0.15, -0.1) is 0 Å². The number of para-hydroxylation sites is 1. The second-order valence-corrected chi connectivity index (χ2v) is 6.71. The van der Waals surface area contributed by atoms with E-state index in [1.165, 1.54) is 37.2 Å². The van der Waals surface area contributed by atoms with E-state index >= 15 is 0 Å². The lowest BCUT2D eigenvalue weighted by atomic mass is 9.95. The van der Waals surface area contributed by atoms with Gasteiger partial charge in [0.1, 0.15) is 0 Å². The quantitative estimate of drug-likeness (QED) is 0.787. The first-order chi connectivity index (χ1) is 10.2. The summed E-state index contributed by atoms with van der Waals surface area (Å²) in [5.74, 6) is 1.64. The molecule has 0 radical (unpaired) electrons. The molecule has 2 atom stereocenters. The minimum Gasteiger partial charge on any atom is -0.371 e. The van der Waals surface area contributed by atoms with Crippen molar-refractivity contribution in [3.05, 3.63) is 29.8 Å². The number of hydrogen-bond acceptors (Lipinski definition) is 2. The van der Waals surface area contributed by atoms with Gasteiger partial charge in [-0.05, 0) is 49.3 Å². The summed E-state index contributed by atoms with van der Waals surface area (Å²) in [6.45, 7) is 12.8. The number of anilines is 1. The summed E-state index contributed by atoms with van der Waals surface area (Å²) in [6.07, 6.45) is 3.68. The summed E-state index contributed by atoms with van der Waals surface area (Å²) < 4.78 is 0. The lowest BCUT2D eigenvalue weighted by Crippen LogP contribution is -2.27. The zero-order valence-electron chi connectivity index (χ0n) is 14.2. The maximum Gasteiger partial charge on any atom is 0.0414 e. The molecule has 1 aliphatic heterocycles. The van der Waals surface area contributed by atoms with Gasteiger partial charge in [-0.1, -0.05) is 45.9 Å². The molecule has 1 saturated heterocycles. The Bertz CT molecular complexity index is 427. The topological polar surface area (TPSA) is 15.3 Å². The van der Waals surface area contributed by atoms with Gasteiger partial charge < -0.3 is 10.2 Å². The van der Waals surface area contributed by atoms with Gasteiger partial charge in [-0.25, -0.2) is 0 Å². The molecule has 0 saturated carbocycles. The van der Waals surface area contributed by atoms with Crippen LogP contribution in [-0.2, 0) is 0 Å². The minimum atomic E-state index is 0.485. The first-order valence-corrected chi connectivity index (χ1v) is 8.74. The summed E-state index contributed by atoms with van der Waals surface area (Å²) in [7, 11) is 0. The van der Waals surface area contributed by atoms with E-state index in [1.54, 1.807) is 0 Å². The van der Waals surface area contributed by atoms with Gasteiger partial charge >= 0.3 is 0 Å². The second kappa shape index (κ2) is 7.84. The van der Waals surface area contributed by atoms with Gasteiger partial charge in [0.15, 0.2) is 0 Å². The van der Waals surface area contributed by atoms with E-state index in [-0.39, 0.29) is 0 Å². The van der Waals surface area contributed by atoms with Crippen LogP contribution in [0.25, 0.3) is 0 Å². The third-order valence-electron chi connectivity index (χ3n) is 4.87. The molecule has 1 N–H and O–H groups in total. The van der Waals surface area contributed by atoms with Crippen molar-refractivity contribution in [1.82, 2.24) is 5.32 Å². The van der Waals surface area contributed by atoms with E-state index in [4.69, 9.17) is 0 Å². The maximum atomic E-state index is 3.71. The highest BCUT2D eigenvalue weighted by Gasteiger charge is 2.27. The summed E-state index contributed by atoms with van der Waals surface area (Å²) in [4.78, 5) is 2.61. The van der Waals surface area contributed by atoms with E-state index in [0.717, 1.165) is 24.8 Å². The first kappa shape index (κ1) is 16.4. The van der Waals surface area contributed by atoms with E-state index in [0.29, 0.717) is 6.04 Å². The van der Waals surface area contributed by atoms with Gasteiger partial charge in [-0.2, -0.15) is 0 Å². The van der Waals surface area contributed by atoms with Crippen LogP contribution in [0.5, 0.6) is 0 Å². The second-order valence-electron chi connectivity index (χ2n) is 6.71. The molecule has 0 spiro atoms. The average molecular weight is 288 g/mol. The molecule has 1 aromatic rings. The third-order valence-corrected chi connectivity index (χ3v) is 4.87. The van der Waals surface area contributed by atoms with E-state index in [2.05, 4.69) is 62.2 Å². The molecular formula is C19H32N2. The number of rotatable bonds is 7. The molecule has 118 valence electrons.